The second-order valence-corrected chi connectivity index (χ2v) is 7.95. The molecule has 2 aliphatic rings. The van der Waals surface area contributed by atoms with Gasteiger partial charge in [0.05, 0.1) is 5.69 Å². The van der Waals surface area contributed by atoms with Gasteiger partial charge in [-0.3, -0.25) is 14.8 Å². The highest BCUT2D eigenvalue weighted by Crippen LogP contribution is 2.35. The Balaban J connectivity index is 1.37. The van der Waals surface area contributed by atoms with Crippen LogP contribution in [0, 0.1) is 0 Å². The summed E-state index contributed by atoms with van der Waals surface area (Å²) in [5.41, 5.74) is 3.89. The van der Waals surface area contributed by atoms with Crippen LogP contribution in [0.15, 0.2) is 55.2 Å². The van der Waals surface area contributed by atoms with Crippen LogP contribution in [0.5, 0.6) is 0 Å². The van der Waals surface area contributed by atoms with Gasteiger partial charge in [0, 0.05) is 67.2 Å². The standard InChI is InChI=1S/C23H24N6O/c30-22(18-5-11-25-12-6-18)29-13-7-17(8-14-29)21-20(16-3-9-24-10-4-16)15-26-23(28-21)27-19-1-2-19/h3-6,9-12,15,17,19H,1-2,7-8,13-14H2,(H,26,27,28). The van der Waals surface area contributed by atoms with Gasteiger partial charge in [0.2, 0.25) is 5.95 Å². The quantitative estimate of drug-likeness (QED) is 0.705. The van der Waals surface area contributed by atoms with Gasteiger partial charge in [0.15, 0.2) is 0 Å². The summed E-state index contributed by atoms with van der Waals surface area (Å²) in [6.07, 6.45) is 13.0. The number of hydrogen-bond donors (Lipinski definition) is 1. The van der Waals surface area contributed by atoms with E-state index in [0.29, 0.717) is 17.6 Å². The van der Waals surface area contributed by atoms with Gasteiger partial charge in [-0.05, 0) is 55.5 Å². The van der Waals surface area contributed by atoms with Gasteiger partial charge >= 0.3 is 0 Å². The summed E-state index contributed by atoms with van der Waals surface area (Å²) in [7, 11) is 0. The monoisotopic (exact) mass is 400 g/mol. The zero-order valence-corrected chi connectivity index (χ0v) is 16.7. The Bertz CT molecular complexity index is 1010. The van der Waals surface area contributed by atoms with E-state index in [1.165, 1.54) is 12.8 Å². The number of carbonyl (C=O) groups excluding carboxylic acids is 1. The molecule has 5 rings (SSSR count). The van der Waals surface area contributed by atoms with E-state index in [4.69, 9.17) is 4.98 Å². The molecule has 0 bridgehead atoms. The summed E-state index contributed by atoms with van der Waals surface area (Å²) in [6.45, 7) is 1.44. The minimum Gasteiger partial charge on any atom is -0.351 e. The topological polar surface area (TPSA) is 83.9 Å². The van der Waals surface area contributed by atoms with E-state index in [1.807, 2.05) is 23.2 Å². The number of anilines is 1. The van der Waals surface area contributed by atoms with Crippen molar-refractivity contribution in [2.45, 2.75) is 37.6 Å². The average Bonchev–Trinajstić information content (AvgIpc) is 3.64. The molecule has 152 valence electrons. The molecule has 0 aromatic carbocycles. The fourth-order valence-electron chi connectivity index (χ4n) is 3.97. The van der Waals surface area contributed by atoms with Crippen molar-refractivity contribution in [1.82, 2.24) is 24.8 Å². The van der Waals surface area contributed by atoms with E-state index >= 15 is 0 Å². The van der Waals surface area contributed by atoms with Crippen molar-refractivity contribution >= 4 is 11.9 Å². The first-order valence-corrected chi connectivity index (χ1v) is 10.5. The molecule has 2 fully saturated rings. The van der Waals surface area contributed by atoms with Crippen LogP contribution < -0.4 is 5.32 Å². The second kappa shape index (κ2) is 8.18. The minimum atomic E-state index is 0.0731. The predicted molar refractivity (Wildman–Crippen MR) is 114 cm³/mol. The first kappa shape index (κ1) is 18.7. The molecule has 0 atom stereocenters. The van der Waals surface area contributed by atoms with E-state index in [1.54, 1.807) is 36.9 Å². The van der Waals surface area contributed by atoms with Crippen LogP contribution in [0.25, 0.3) is 11.1 Å². The molecule has 4 heterocycles. The highest BCUT2D eigenvalue weighted by Gasteiger charge is 2.28. The SMILES string of the molecule is O=C(c1ccncc1)N1CCC(c2nc(NC3CC3)ncc2-c2ccncc2)CC1. The molecule has 1 aliphatic carbocycles. The van der Waals surface area contributed by atoms with E-state index in [-0.39, 0.29) is 11.8 Å². The first-order chi connectivity index (χ1) is 14.8. The van der Waals surface area contributed by atoms with Gasteiger partial charge in [-0.2, -0.15) is 0 Å². The van der Waals surface area contributed by atoms with Gasteiger partial charge in [-0.1, -0.05) is 0 Å². The summed E-state index contributed by atoms with van der Waals surface area (Å²) < 4.78 is 0. The Morgan fingerprint density at radius 2 is 1.60 bits per heavy atom. The molecular weight excluding hydrogens is 376 g/mol. The molecular formula is C23H24N6O. The molecule has 3 aromatic heterocycles. The van der Waals surface area contributed by atoms with E-state index < -0.39 is 0 Å². The molecule has 3 aromatic rings. The van der Waals surface area contributed by atoms with Crippen molar-refractivity contribution in [3.8, 4) is 11.1 Å². The predicted octanol–water partition coefficient (Wildman–Crippen LogP) is 3.53. The van der Waals surface area contributed by atoms with E-state index in [9.17, 15) is 4.79 Å². The number of hydrogen-bond acceptors (Lipinski definition) is 6. The molecule has 1 aliphatic heterocycles. The number of amides is 1. The average molecular weight is 400 g/mol. The van der Waals surface area contributed by atoms with Gasteiger partial charge in [-0.15, -0.1) is 0 Å². The van der Waals surface area contributed by atoms with E-state index in [2.05, 4.69) is 20.3 Å². The van der Waals surface area contributed by atoms with Crippen LogP contribution in [-0.2, 0) is 0 Å². The Morgan fingerprint density at radius 1 is 0.933 bits per heavy atom. The number of nitrogens with zero attached hydrogens (tertiary/aromatic N) is 5. The summed E-state index contributed by atoms with van der Waals surface area (Å²) in [5, 5.41) is 3.42. The highest BCUT2D eigenvalue weighted by atomic mass is 16.2. The third kappa shape index (κ3) is 4.01. The van der Waals surface area contributed by atoms with Crippen LogP contribution >= 0.6 is 0 Å². The number of carbonyl (C=O) groups is 1. The Morgan fingerprint density at radius 3 is 2.27 bits per heavy atom. The number of aromatic nitrogens is 4. The van der Waals surface area contributed by atoms with Crippen LogP contribution in [0.2, 0.25) is 0 Å². The van der Waals surface area contributed by atoms with Crippen molar-refractivity contribution in [3.05, 3.63) is 66.5 Å². The zero-order valence-electron chi connectivity index (χ0n) is 16.7. The molecule has 1 amide bonds. The Labute approximate surface area is 175 Å². The van der Waals surface area contributed by atoms with Gasteiger partial charge in [0.1, 0.15) is 0 Å². The lowest BCUT2D eigenvalue weighted by molar-refractivity contribution is 0.0712. The van der Waals surface area contributed by atoms with Crippen LogP contribution in [0.1, 0.15) is 47.7 Å². The Kier molecular flexibility index (Phi) is 5.09. The number of rotatable bonds is 5. The van der Waals surface area contributed by atoms with Gasteiger partial charge < -0.3 is 10.2 Å². The molecule has 7 heteroatoms. The van der Waals surface area contributed by atoms with Gasteiger partial charge in [-0.25, -0.2) is 9.97 Å². The third-order valence-corrected chi connectivity index (χ3v) is 5.82. The highest BCUT2D eigenvalue weighted by molar-refractivity contribution is 5.94. The molecule has 0 spiro atoms. The smallest absolute Gasteiger partial charge is 0.253 e. The fourth-order valence-corrected chi connectivity index (χ4v) is 3.97. The molecule has 7 nitrogen and oxygen atoms in total. The minimum absolute atomic E-state index is 0.0731. The number of likely N-dealkylation sites (tertiary alicyclic amines) is 1. The lowest BCUT2D eigenvalue weighted by Crippen LogP contribution is -2.38. The molecule has 1 saturated carbocycles. The summed E-state index contributed by atoms with van der Waals surface area (Å²) >= 11 is 0. The maximum absolute atomic E-state index is 12.8. The largest absolute Gasteiger partial charge is 0.351 e. The summed E-state index contributed by atoms with van der Waals surface area (Å²) in [6, 6.07) is 8.05. The second-order valence-electron chi connectivity index (χ2n) is 7.95. The van der Waals surface area contributed by atoms with Gasteiger partial charge in [0.25, 0.3) is 5.91 Å². The third-order valence-electron chi connectivity index (χ3n) is 5.82. The first-order valence-electron chi connectivity index (χ1n) is 10.5. The Hall–Kier alpha value is -3.35. The summed E-state index contributed by atoms with van der Waals surface area (Å²) in [4.78, 5) is 32.3. The van der Waals surface area contributed by atoms with Crippen LogP contribution in [0.3, 0.4) is 0 Å². The zero-order chi connectivity index (χ0) is 20.3. The van der Waals surface area contributed by atoms with Crippen LogP contribution in [-0.4, -0.2) is 49.9 Å². The van der Waals surface area contributed by atoms with Crippen molar-refractivity contribution < 1.29 is 4.79 Å². The number of piperidine rings is 1. The van der Waals surface area contributed by atoms with Crippen LogP contribution in [0.4, 0.5) is 5.95 Å². The maximum Gasteiger partial charge on any atom is 0.253 e. The molecule has 0 unspecified atom stereocenters. The van der Waals surface area contributed by atoms with E-state index in [0.717, 1.165) is 42.8 Å². The fraction of sp³-hybridized carbons (Fsp3) is 0.348. The summed E-state index contributed by atoms with van der Waals surface area (Å²) in [5.74, 6) is 1.07. The number of pyridine rings is 2. The lowest BCUT2D eigenvalue weighted by Gasteiger charge is -2.32. The van der Waals surface area contributed by atoms with Crippen molar-refractivity contribution in [1.29, 1.82) is 0 Å². The normalized spacial score (nSPS) is 17.0. The van der Waals surface area contributed by atoms with Crippen molar-refractivity contribution in [2.24, 2.45) is 0 Å². The lowest BCUT2D eigenvalue weighted by atomic mass is 9.89. The van der Waals surface area contributed by atoms with Crippen molar-refractivity contribution in [2.75, 3.05) is 18.4 Å². The molecule has 0 radical (unpaired) electrons. The molecule has 1 N–H and O–H groups in total. The molecule has 30 heavy (non-hydrogen) atoms. The number of nitrogens with one attached hydrogen (secondary N) is 1. The van der Waals surface area contributed by atoms with Crippen molar-refractivity contribution in [3.63, 3.8) is 0 Å². The molecule has 1 saturated heterocycles. The maximum atomic E-state index is 12.8.